The Hall–Kier alpha value is -2.52. The summed E-state index contributed by atoms with van der Waals surface area (Å²) in [4.78, 5) is 32.6. The molecular weight excluding hydrogens is 372 g/mol. The molecule has 0 atom stereocenters. The first-order valence-corrected chi connectivity index (χ1v) is 9.90. The first kappa shape index (κ1) is 16.9. The number of anilines is 1. The summed E-state index contributed by atoms with van der Waals surface area (Å²) in [7, 11) is 0. The molecular formula is C17H16N4O3S2. The van der Waals surface area contributed by atoms with Crippen molar-refractivity contribution in [2.45, 2.75) is 6.42 Å². The molecule has 9 heteroatoms. The average Bonchev–Trinajstić information content (AvgIpc) is 3.30. The second kappa shape index (κ2) is 7.00. The molecule has 1 aliphatic rings. The zero-order valence-corrected chi connectivity index (χ0v) is 15.5. The Kier molecular flexibility index (Phi) is 4.56. The van der Waals surface area contributed by atoms with Crippen LogP contribution in [-0.2, 0) is 11.2 Å². The van der Waals surface area contributed by atoms with Gasteiger partial charge in [-0.3, -0.25) is 14.9 Å². The summed E-state index contributed by atoms with van der Waals surface area (Å²) in [6.07, 6.45) is 0.461. The van der Waals surface area contributed by atoms with Crippen LogP contribution in [0, 0.1) is 10.1 Å². The Morgan fingerprint density at radius 2 is 2.04 bits per heavy atom. The molecule has 0 N–H and O–H groups in total. The second-order valence-corrected chi connectivity index (χ2v) is 8.07. The number of hydrogen-bond donors (Lipinski definition) is 0. The zero-order chi connectivity index (χ0) is 18.1. The van der Waals surface area contributed by atoms with Gasteiger partial charge in [-0.15, -0.1) is 11.3 Å². The number of nitrogens with zero attached hydrogens (tertiary/aromatic N) is 4. The topological polar surface area (TPSA) is 79.6 Å². The fourth-order valence-corrected chi connectivity index (χ4v) is 4.72. The predicted octanol–water partition coefficient (Wildman–Crippen LogP) is 3.16. The highest BCUT2D eigenvalue weighted by atomic mass is 32.1. The molecule has 0 aliphatic carbocycles. The van der Waals surface area contributed by atoms with Gasteiger partial charge >= 0.3 is 0 Å². The van der Waals surface area contributed by atoms with E-state index in [9.17, 15) is 14.9 Å². The van der Waals surface area contributed by atoms with Crippen LogP contribution in [0.1, 0.15) is 4.88 Å². The molecule has 0 unspecified atom stereocenters. The smallest absolute Gasteiger partial charge is 0.270 e. The van der Waals surface area contributed by atoms with Crippen molar-refractivity contribution in [3.05, 3.63) is 50.7 Å². The third-order valence-corrected chi connectivity index (χ3v) is 6.34. The van der Waals surface area contributed by atoms with Gasteiger partial charge in [0.05, 0.1) is 21.6 Å². The quantitative estimate of drug-likeness (QED) is 0.507. The van der Waals surface area contributed by atoms with Gasteiger partial charge in [-0.1, -0.05) is 17.4 Å². The van der Waals surface area contributed by atoms with Crippen LogP contribution in [0.5, 0.6) is 0 Å². The number of non-ortho nitro benzene ring substituents is 1. The summed E-state index contributed by atoms with van der Waals surface area (Å²) < 4.78 is 0.811. The van der Waals surface area contributed by atoms with E-state index in [0.29, 0.717) is 19.5 Å². The maximum Gasteiger partial charge on any atom is 0.270 e. The summed E-state index contributed by atoms with van der Waals surface area (Å²) >= 11 is 3.06. The van der Waals surface area contributed by atoms with Crippen molar-refractivity contribution < 1.29 is 9.72 Å². The molecule has 1 aromatic carbocycles. The van der Waals surface area contributed by atoms with Crippen LogP contribution >= 0.6 is 22.7 Å². The molecule has 0 bridgehead atoms. The Balaban J connectivity index is 1.42. The van der Waals surface area contributed by atoms with Crippen molar-refractivity contribution in [1.82, 2.24) is 9.88 Å². The van der Waals surface area contributed by atoms with Gasteiger partial charge in [0.25, 0.3) is 5.69 Å². The number of amides is 1. The van der Waals surface area contributed by atoms with Gasteiger partial charge in [-0.2, -0.15) is 0 Å². The van der Waals surface area contributed by atoms with Gasteiger partial charge < -0.3 is 9.80 Å². The summed E-state index contributed by atoms with van der Waals surface area (Å²) in [6, 6.07) is 8.68. The lowest BCUT2D eigenvalue weighted by Gasteiger charge is -2.34. The minimum absolute atomic E-state index is 0.0803. The van der Waals surface area contributed by atoms with E-state index in [2.05, 4.69) is 9.88 Å². The van der Waals surface area contributed by atoms with Crippen LogP contribution in [-0.4, -0.2) is 46.9 Å². The molecule has 26 heavy (non-hydrogen) atoms. The number of nitro benzene ring substituents is 1. The average molecular weight is 388 g/mol. The highest BCUT2D eigenvalue weighted by Gasteiger charge is 2.23. The fraction of sp³-hybridized carbons (Fsp3) is 0.294. The van der Waals surface area contributed by atoms with Crippen LogP contribution in [0.25, 0.3) is 10.2 Å². The Labute approximate surface area is 157 Å². The summed E-state index contributed by atoms with van der Waals surface area (Å²) in [6.45, 7) is 2.77. The molecule has 3 aromatic rings. The van der Waals surface area contributed by atoms with Gasteiger partial charge in [-0.25, -0.2) is 4.98 Å². The number of thiazole rings is 1. The third kappa shape index (κ3) is 3.40. The van der Waals surface area contributed by atoms with Crippen LogP contribution in [0.3, 0.4) is 0 Å². The molecule has 0 saturated carbocycles. The second-order valence-electron chi connectivity index (χ2n) is 6.03. The van der Waals surface area contributed by atoms with Crippen molar-refractivity contribution in [1.29, 1.82) is 0 Å². The minimum Gasteiger partial charge on any atom is -0.345 e. The number of carbonyl (C=O) groups excluding carboxylic acids is 1. The molecule has 3 heterocycles. The van der Waals surface area contributed by atoms with Gasteiger partial charge in [-0.05, 0) is 17.5 Å². The van der Waals surface area contributed by atoms with Crippen molar-refractivity contribution in [2.75, 3.05) is 31.1 Å². The van der Waals surface area contributed by atoms with Gasteiger partial charge in [0, 0.05) is 43.2 Å². The number of benzene rings is 1. The van der Waals surface area contributed by atoms with Crippen molar-refractivity contribution >= 4 is 49.6 Å². The third-order valence-electron chi connectivity index (χ3n) is 4.38. The lowest BCUT2D eigenvalue weighted by Crippen LogP contribution is -2.49. The van der Waals surface area contributed by atoms with Crippen LogP contribution < -0.4 is 4.90 Å². The van der Waals surface area contributed by atoms with Gasteiger partial charge in [0.15, 0.2) is 5.13 Å². The van der Waals surface area contributed by atoms with E-state index in [1.54, 1.807) is 23.5 Å². The van der Waals surface area contributed by atoms with E-state index >= 15 is 0 Å². The SMILES string of the molecule is O=C(Cc1cccs1)N1CCN(c2nc3ccc([N+](=O)[O-])cc3s2)CC1. The van der Waals surface area contributed by atoms with Gasteiger partial charge in [0.1, 0.15) is 0 Å². The van der Waals surface area contributed by atoms with E-state index in [-0.39, 0.29) is 11.6 Å². The molecule has 1 aliphatic heterocycles. The number of aromatic nitrogens is 1. The normalized spacial score (nSPS) is 14.8. The first-order valence-electron chi connectivity index (χ1n) is 8.20. The maximum atomic E-state index is 12.4. The van der Waals surface area contributed by atoms with E-state index in [0.717, 1.165) is 33.3 Å². The number of fused-ring (bicyclic) bond motifs is 1. The van der Waals surface area contributed by atoms with Crippen LogP contribution in [0.2, 0.25) is 0 Å². The standard InChI is InChI=1S/C17H16N4O3S2/c22-16(11-13-2-1-9-25-13)19-5-7-20(8-6-19)17-18-14-4-3-12(21(23)24)10-15(14)26-17/h1-4,9-10H,5-8,11H2. The highest BCUT2D eigenvalue weighted by Crippen LogP contribution is 2.31. The highest BCUT2D eigenvalue weighted by molar-refractivity contribution is 7.22. The van der Waals surface area contributed by atoms with E-state index in [1.165, 1.54) is 17.4 Å². The Morgan fingerprint density at radius 1 is 1.23 bits per heavy atom. The minimum atomic E-state index is -0.392. The molecule has 0 spiro atoms. The number of carbonyl (C=O) groups is 1. The molecule has 7 nitrogen and oxygen atoms in total. The Morgan fingerprint density at radius 3 is 2.73 bits per heavy atom. The van der Waals surface area contributed by atoms with E-state index < -0.39 is 4.92 Å². The molecule has 134 valence electrons. The van der Waals surface area contributed by atoms with Crippen molar-refractivity contribution in [3.8, 4) is 0 Å². The number of rotatable bonds is 4. The number of nitro groups is 1. The Bertz CT molecular complexity index is 946. The molecule has 1 fully saturated rings. The summed E-state index contributed by atoms with van der Waals surface area (Å²) in [5.74, 6) is 0.159. The molecule has 4 rings (SSSR count). The van der Waals surface area contributed by atoms with Crippen LogP contribution in [0.15, 0.2) is 35.7 Å². The summed E-state index contributed by atoms with van der Waals surface area (Å²) in [5, 5.41) is 13.7. The van der Waals surface area contributed by atoms with Gasteiger partial charge in [0.2, 0.25) is 5.91 Å². The van der Waals surface area contributed by atoms with Crippen LogP contribution in [0.4, 0.5) is 10.8 Å². The van der Waals surface area contributed by atoms with Crippen molar-refractivity contribution in [3.63, 3.8) is 0 Å². The largest absolute Gasteiger partial charge is 0.345 e. The lowest BCUT2D eigenvalue weighted by molar-refractivity contribution is -0.384. The van der Waals surface area contributed by atoms with E-state index in [4.69, 9.17) is 0 Å². The fourth-order valence-electron chi connectivity index (χ4n) is 2.97. The maximum absolute atomic E-state index is 12.4. The predicted molar refractivity (Wildman–Crippen MR) is 103 cm³/mol. The van der Waals surface area contributed by atoms with E-state index in [1.807, 2.05) is 22.4 Å². The number of piperazine rings is 1. The first-order chi connectivity index (χ1) is 12.6. The molecule has 1 saturated heterocycles. The summed E-state index contributed by atoms with van der Waals surface area (Å²) in [5.41, 5.74) is 0.850. The molecule has 2 aromatic heterocycles. The number of thiophene rings is 1. The lowest BCUT2D eigenvalue weighted by atomic mass is 10.2. The molecule has 0 radical (unpaired) electrons. The van der Waals surface area contributed by atoms with Crippen molar-refractivity contribution in [2.24, 2.45) is 0 Å². The molecule has 1 amide bonds. The zero-order valence-electron chi connectivity index (χ0n) is 13.8. The monoisotopic (exact) mass is 388 g/mol. The number of hydrogen-bond acceptors (Lipinski definition) is 7.